The molecular formula is C22H24N6O2. The Balaban J connectivity index is 1.40. The predicted octanol–water partition coefficient (Wildman–Crippen LogP) is 2.97. The molecule has 1 N–H and O–H groups in total. The maximum Gasteiger partial charge on any atom is 0.229 e. The molecule has 0 aliphatic carbocycles. The molecule has 1 amide bonds. The van der Waals surface area contributed by atoms with E-state index in [2.05, 4.69) is 25.3 Å². The Labute approximate surface area is 175 Å². The first kappa shape index (κ1) is 19.8. The molecule has 0 radical (unpaired) electrons. The van der Waals surface area contributed by atoms with Gasteiger partial charge in [-0.2, -0.15) is 0 Å². The number of ether oxygens (including phenoxy) is 1. The van der Waals surface area contributed by atoms with Crippen molar-refractivity contribution in [3.8, 4) is 5.75 Å². The van der Waals surface area contributed by atoms with Gasteiger partial charge in [0, 0.05) is 37.6 Å². The molecule has 1 aliphatic rings. The van der Waals surface area contributed by atoms with Gasteiger partial charge in [-0.25, -0.2) is 19.9 Å². The number of hydrogen-bond donors (Lipinski definition) is 1. The summed E-state index contributed by atoms with van der Waals surface area (Å²) in [6.07, 6.45) is 7.38. The number of methoxy groups -OCH3 is 1. The number of anilines is 2. The van der Waals surface area contributed by atoms with E-state index in [-0.39, 0.29) is 11.8 Å². The second kappa shape index (κ2) is 9.30. The largest absolute Gasteiger partial charge is 0.497 e. The van der Waals surface area contributed by atoms with E-state index in [0.717, 1.165) is 36.4 Å². The molecule has 1 atom stereocenters. The fraction of sp³-hybridized carbons (Fsp3) is 0.318. The molecule has 3 aromatic rings. The topological polar surface area (TPSA) is 93.1 Å². The molecule has 0 bridgehead atoms. The van der Waals surface area contributed by atoms with E-state index in [1.807, 2.05) is 35.2 Å². The third-order valence-corrected chi connectivity index (χ3v) is 5.17. The van der Waals surface area contributed by atoms with Crippen LogP contribution in [-0.2, 0) is 11.2 Å². The lowest BCUT2D eigenvalue weighted by Gasteiger charge is -2.32. The molecule has 8 heteroatoms. The van der Waals surface area contributed by atoms with Crippen LogP contribution >= 0.6 is 0 Å². The van der Waals surface area contributed by atoms with Crippen LogP contribution < -0.4 is 10.1 Å². The summed E-state index contributed by atoms with van der Waals surface area (Å²) in [5.74, 6) is 2.02. The average molecular weight is 404 g/mol. The zero-order valence-electron chi connectivity index (χ0n) is 16.9. The number of piperidine rings is 1. The van der Waals surface area contributed by atoms with Crippen molar-refractivity contribution in [3.63, 3.8) is 0 Å². The molecule has 30 heavy (non-hydrogen) atoms. The standard InChI is InChI=1S/C22H24N6O2/c1-30-18-7-5-16(6-8-18)14-20(29)28-13-2-4-17(15-28)19-9-12-25-22(26-19)27-21-23-10-3-11-24-21/h3,5-12,17H,2,4,13-15H2,1H3,(H,23,24,25,26,27)/t17-/m0/s1. The highest BCUT2D eigenvalue weighted by atomic mass is 16.5. The lowest BCUT2D eigenvalue weighted by Crippen LogP contribution is -2.40. The minimum Gasteiger partial charge on any atom is -0.497 e. The van der Waals surface area contributed by atoms with Crippen molar-refractivity contribution in [3.05, 3.63) is 66.2 Å². The quantitative estimate of drug-likeness (QED) is 0.675. The summed E-state index contributed by atoms with van der Waals surface area (Å²) in [7, 11) is 1.63. The number of nitrogens with zero attached hydrogens (tertiary/aromatic N) is 5. The van der Waals surface area contributed by atoms with Gasteiger partial charge in [-0.05, 0) is 42.7 Å². The highest BCUT2D eigenvalue weighted by Gasteiger charge is 2.26. The molecule has 0 spiro atoms. The number of carbonyl (C=O) groups excluding carboxylic acids is 1. The lowest BCUT2D eigenvalue weighted by atomic mass is 9.94. The van der Waals surface area contributed by atoms with Crippen molar-refractivity contribution in [2.24, 2.45) is 0 Å². The summed E-state index contributed by atoms with van der Waals surface area (Å²) in [5.41, 5.74) is 1.91. The van der Waals surface area contributed by atoms with Gasteiger partial charge in [0.15, 0.2) is 0 Å². The van der Waals surface area contributed by atoms with E-state index < -0.39 is 0 Å². The van der Waals surface area contributed by atoms with E-state index >= 15 is 0 Å². The fourth-order valence-electron chi connectivity index (χ4n) is 3.60. The SMILES string of the molecule is COc1ccc(CC(=O)N2CCC[C@H](c3ccnc(Nc4ncccn4)n3)C2)cc1. The summed E-state index contributed by atoms with van der Waals surface area (Å²) < 4.78 is 5.18. The van der Waals surface area contributed by atoms with Gasteiger partial charge in [-0.3, -0.25) is 10.1 Å². The number of amides is 1. The average Bonchev–Trinajstić information content (AvgIpc) is 2.80. The van der Waals surface area contributed by atoms with Gasteiger partial charge in [0.05, 0.1) is 19.2 Å². The van der Waals surface area contributed by atoms with Crippen molar-refractivity contribution in [1.82, 2.24) is 24.8 Å². The van der Waals surface area contributed by atoms with Crippen LogP contribution in [0.15, 0.2) is 55.0 Å². The molecule has 0 unspecified atom stereocenters. The minimum atomic E-state index is 0.134. The highest BCUT2D eigenvalue weighted by molar-refractivity contribution is 5.79. The van der Waals surface area contributed by atoms with Crippen LogP contribution in [0.3, 0.4) is 0 Å². The van der Waals surface area contributed by atoms with Crippen LogP contribution in [0.1, 0.15) is 30.0 Å². The fourth-order valence-corrected chi connectivity index (χ4v) is 3.60. The van der Waals surface area contributed by atoms with Gasteiger partial charge >= 0.3 is 0 Å². The maximum absolute atomic E-state index is 12.8. The maximum atomic E-state index is 12.8. The zero-order chi connectivity index (χ0) is 20.8. The molecule has 154 valence electrons. The number of likely N-dealkylation sites (tertiary alicyclic amines) is 1. The molecule has 1 aromatic carbocycles. The summed E-state index contributed by atoms with van der Waals surface area (Å²) in [6.45, 7) is 1.44. The number of nitrogens with one attached hydrogen (secondary N) is 1. The van der Waals surface area contributed by atoms with Crippen LogP contribution in [0.25, 0.3) is 0 Å². The smallest absolute Gasteiger partial charge is 0.229 e. The van der Waals surface area contributed by atoms with Gasteiger partial charge in [0.1, 0.15) is 5.75 Å². The van der Waals surface area contributed by atoms with E-state index in [0.29, 0.717) is 24.9 Å². The van der Waals surface area contributed by atoms with Crippen molar-refractivity contribution >= 4 is 17.8 Å². The van der Waals surface area contributed by atoms with Gasteiger partial charge in [-0.15, -0.1) is 0 Å². The van der Waals surface area contributed by atoms with Crippen molar-refractivity contribution in [2.75, 3.05) is 25.5 Å². The number of benzene rings is 1. The summed E-state index contributed by atoms with van der Waals surface area (Å²) in [6, 6.07) is 11.3. The minimum absolute atomic E-state index is 0.134. The lowest BCUT2D eigenvalue weighted by molar-refractivity contribution is -0.131. The first-order valence-corrected chi connectivity index (χ1v) is 9.99. The van der Waals surface area contributed by atoms with Crippen molar-refractivity contribution in [1.29, 1.82) is 0 Å². The highest BCUT2D eigenvalue weighted by Crippen LogP contribution is 2.26. The zero-order valence-corrected chi connectivity index (χ0v) is 16.9. The normalized spacial score (nSPS) is 16.2. The second-order valence-electron chi connectivity index (χ2n) is 7.21. The van der Waals surface area contributed by atoms with Crippen molar-refractivity contribution < 1.29 is 9.53 Å². The Morgan fingerprint density at radius 1 is 1.10 bits per heavy atom. The van der Waals surface area contributed by atoms with E-state index in [9.17, 15) is 4.79 Å². The van der Waals surface area contributed by atoms with Crippen molar-refractivity contribution in [2.45, 2.75) is 25.2 Å². The summed E-state index contributed by atoms with van der Waals surface area (Å²) in [4.78, 5) is 32.0. The van der Waals surface area contributed by atoms with Gasteiger partial charge in [-0.1, -0.05) is 12.1 Å². The molecule has 1 saturated heterocycles. The predicted molar refractivity (Wildman–Crippen MR) is 113 cm³/mol. The van der Waals surface area contributed by atoms with Crippen LogP contribution in [-0.4, -0.2) is 50.9 Å². The Bertz CT molecular complexity index is 980. The van der Waals surface area contributed by atoms with E-state index in [1.54, 1.807) is 31.8 Å². The van der Waals surface area contributed by atoms with Crippen LogP contribution in [0.2, 0.25) is 0 Å². The van der Waals surface area contributed by atoms with Gasteiger partial charge in [0.2, 0.25) is 17.8 Å². The number of aromatic nitrogens is 4. The van der Waals surface area contributed by atoms with Gasteiger partial charge < -0.3 is 9.64 Å². The first-order valence-electron chi connectivity index (χ1n) is 9.99. The number of hydrogen-bond acceptors (Lipinski definition) is 7. The summed E-state index contributed by atoms with van der Waals surface area (Å²) in [5, 5.41) is 3.02. The summed E-state index contributed by atoms with van der Waals surface area (Å²) >= 11 is 0. The molecule has 1 fully saturated rings. The number of rotatable bonds is 6. The molecule has 8 nitrogen and oxygen atoms in total. The Hall–Kier alpha value is -3.55. The van der Waals surface area contributed by atoms with Crippen LogP contribution in [0.4, 0.5) is 11.9 Å². The van der Waals surface area contributed by atoms with E-state index in [4.69, 9.17) is 4.74 Å². The Morgan fingerprint density at radius 3 is 2.63 bits per heavy atom. The molecule has 2 aromatic heterocycles. The molecule has 0 saturated carbocycles. The van der Waals surface area contributed by atoms with Crippen LogP contribution in [0.5, 0.6) is 5.75 Å². The second-order valence-corrected chi connectivity index (χ2v) is 7.21. The van der Waals surface area contributed by atoms with Gasteiger partial charge in [0.25, 0.3) is 0 Å². The Morgan fingerprint density at radius 2 is 1.87 bits per heavy atom. The Kier molecular flexibility index (Phi) is 6.12. The van der Waals surface area contributed by atoms with E-state index in [1.165, 1.54) is 0 Å². The third kappa shape index (κ3) is 4.89. The molecular weight excluding hydrogens is 380 g/mol. The van der Waals surface area contributed by atoms with Crippen LogP contribution in [0, 0.1) is 0 Å². The monoisotopic (exact) mass is 404 g/mol. The number of carbonyl (C=O) groups is 1. The first-order chi connectivity index (χ1) is 14.7. The molecule has 3 heterocycles. The third-order valence-electron chi connectivity index (χ3n) is 5.17. The molecule has 1 aliphatic heterocycles. The molecule has 4 rings (SSSR count).